The van der Waals surface area contributed by atoms with E-state index in [2.05, 4.69) is 10.2 Å². The average Bonchev–Trinajstić information content (AvgIpc) is 3.21. The fraction of sp³-hybridized carbons (Fsp3) is 0.769. The fourth-order valence-electron chi connectivity index (χ4n) is 2.57. The molecule has 1 aliphatic rings. The summed E-state index contributed by atoms with van der Waals surface area (Å²) in [6, 6.07) is -0.0778. The number of aliphatic hydroxyl groups is 1. The lowest BCUT2D eigenvalue weighted by molar-refractivity contribution is 0.164. The molecule has 2 N–H and O–H groups in total. The molecule has 1 heterocycles. The van der Waals surface area contributed by atoms with E-state index in [9.17, 15) is 13.5 Å². The summed E-state index contributed by atoms with van der Waals surface area (Å²) < 4.78 is 32.5. The van der Waals surface area contributed by atoms with Gasteiger partial charge in [-0.2, -0.15) is 9.40 Å². The number of nitrogens with zero attached hydrogens (tertiary/aromatic N) is 2. The Labute approximate surface area is 125 Å². The first-order valence-electron chi connectivity index (χ1n) is 7.09. The Morgan fingerprint density at radius 1 is 1.52 bits per heavy atom. The number of aryl methyl sites for hydroxylation is 1. The molecule has 0 aromatic carbocycles. The predicted molar refractivity (Wildman–Crippen MR) is 77.2 cm³/mol. The van der Waals surface area contributed by atoms with Crippen molar-refractivity contribution < 1.29 is 18.3 Å². The van der Waals surface area contributed by atoms with Gasteiger partial charge in [0.1, 0.15) is 10.6 Å². The molecule has 0 aliphatic heterocycles. The second-order valence-electron chi connectivity index (χ2n) is 5.47. The molecule has 21 heavy (non-hydrogen) atoms. The van der Waals surface area contributed by atoms with Crippen molar-refractivity contribution in [2.24, 2.45) is 5.92 Å². The maximum atomic E-state index is 13.0. The number of aliphatic hydroxyl groups excluding tert-OH is 1. The highest BCUT2D eigenvalue weighted by Gasteiger charge is 2.40. The SMILES string of the molecule is COCCN(C(C)C1CC1)S(=O)(=O)c1c(CO)n[nH]c1C. The van der Waals surface area contributed by atoms with Gasteiger partial charge in [0.15, 0.2) is 0 Å². The van der Waals surface area contributed by atoms with Gasteiger partial charge in [0.2, 0.25) is 10.0 Å². The Kier molecular flexibility index (Phi) is 5.03. The zero-order valence-corrected chi connectivity index (χ0v) is 13.5. The molecule has 1 aliphatic carbocycles. The summed E-state index contributed by atoms with van der Waals surface area (Å²) in [4.78, 5) is 0.0913. The third-order valence-corrected chi connectivity index (χ3v) is 6.14. The summed E-state index contributed by atoms with van der Waals surface area (Å²) in [5, 5.41) is 15.8. The van der Waals surface area contributed by atoms with Gasteiger partial charge in [0.05, 0.1) is 18.9 Å². The largest absolute Gasteiger partial charge is 0.390 e. The molecule has 8 heteroatoms. The maximum absolute atomic E-state index is 13.0. The molecule has 1 fully saturated rings. The lowest BCUT2D eigenvalue weighted by Gasteiger charge is -2.28. The Balaban J connectivity index is 2.38. The van der Waals surface area contributed by atoms with Gasteiger partial charge in [-0.3, -0.25) is 5.10 Å². The number of rotatable bonds is 8. The van der Waals surface area contributed by atoms with Crippen molar-refractivity contribution in [1.29, 1.82) is 0 Å². The second kappa shape index (κ2) is 6.43. The van der Waals surface area contributed by atoms with Crippen LogP contribution in [-0.4, -0.2) is 54.3 Å². The first-order valence-corrected chi connectivity index (χ1v) is 8.53. The van der Waals surface area contributed by atoms with Crippen LogP contribution in [0.5, 0.6) is 0 Å². The van der Waals surface area contributed by atoms with Gasteiger partial charge in [-0.1, -0.05) is 0 Å². The molecule has 1 aromatic heterocycles. The van der Waals surface area contributed by atoms with Gasteiger partial charge < -0.3 is 9.84 Å². The zero-order valence-electron chi connectivity index (χ0n) is 12.7. The van der Waals surface area contributed by atoms with Crippen LogP contribution in [0.4, 0.5) is 0 Å². The molecule has 0 saturated heterocycles. The number of hydrogen-bond acceptors (Lipinski definition) is 5. The topological polar surface area (TPSA) is 95.5 Å². The third-order valence-electron chi connectivity index (χ3n) is 3.95. The molecule has 7 nitrogen and oxygen atoms in total. The van der Waals surface area contributed by atoms with Gasteiger partial charge in [0, 0.05) is 19.7 Å². The molecular weight excluding hydrogens is 294 g/mol. The van der Waals surface area contributed by atoms with Crippen LogP contribution < -0.4 is 0 Å². The highest BCUT2D eigenvalue weighted by Crippen LogP contribution is 2.37. The number of nitrogens with one attached hydrogen (secondary N) is 1. The first kappa shape index (κ1) is 16.4. The number of aromatic nitrogens is 2. The smallest absolute Gasteiger partial charge is 0.247 e. The minimum Gasteiger partial charge on any atom is -0.390 e. The summed E-state index contributed by atoms with van der Waals surface area (Å²) >= 11 is 0. The van der Waals surface area contributed by atoms with Crippen LogP contribution in [0.15, 0.2) is 4.90 Å². The number of sulfonamides is 1. The fourth-order valence-corrected chi connectivity index (χ4v) is 4.57. The molecule has 0 radical (unpaired) electrons. The van der Waals surface area contributed by atoms with E-state index in [1.807, 2.05) is 6.92 Å². The summed E-state index contributed by atoms with van der Waals surface area (Å²) in [5.41, 5.74) is 0.613. The maximum Gasteiger partial charge on any atom is 0.247 e. The van der Waals surface area contributed by atoms with Gasteiger partial charge in [-0.15, -0.1) is 0 Å². The van der Waals surface area contributed by atoms with Gasteiger partial charge >= 0.3 is 0 Å². The highest BCUT2D eigenvalue weighted by molar-refractivity contribution is 7.89. The zero-order chi connectivity index (χ0) is 15.6. The van der Waals surface area contributed by atoms with Crippen LogP contribution >= 0.6 is 0 Å². The number of aromatic amines is 1. The van der Waals surface area contributed by atoms with E-state index in [0.29, 0.717) is 24.8 Å². The molecular formula is C13H23N3O4S. The van der Waals surface area contributed by atoms with Crippen molar-refractivity contribution in [1.82, 2.24) is 14.5 Å². The lowest BCUT2D eigenvalue weighted by Crippen LogP contribution is -2.42. The molecule has 0 spiro atoms. The lowest BCUT2D eigenvalue weighted by atomic mass is 10.2. The van der Waals surface area contributed by atoms with Crippen LogP contribution in [0.25, 0.3) is 0 Å². The van der Waals surface area contributed by atoms with E-state index in [4.69, 9.17) is 4.74 Å². The van der Waals surface area contributed by atoms with E-state index >= 15 is 0 Å². The first-order chi connectivity index (χ1) is 9.93. The quantitative estimate of drug-likeness (QED) is 0.734. The molecule has 2 rings (SSSR count). The van der Waals surface area contributed by atoms with Crippen LogP contribution in [0, 0.1) is 12.8 Å². The van der Waals surface area contributed by atoms with E-state index in [0.717, 1.165) is 12.8 Å². The standard InChI is InChI=1S/C13H23N3O4S/c1-9-13(12(8-17)15-14-9)21(18,19)16(6-7-20-3)10(2)11-4-5-11/h10-11,17H,4-8H2,1-3H3,(H,14,15). The minimum absolute atomic E-state index is 0.0778. The highest BCUT2D eigenvalue weighted by atomic mass is 32.2. The van der Waals surface area contributed by atoms with Gasteiger partial charge in [-0.05, 0) is 32.6 Å². The van der Waals surface area contributed by atoms with Crippen LogP contribution in [-0.2, 0) is 21.4 Å². The van der Waals surface area contributed by atoms with E-state index in [-0.39, 0.29) is 16.6 Å². The molecule has 1 saturated carbocycles. The summed E-state index contributed by atoms with van der Waals surface area (Å²) in [6.45, 7) is 3.80. The van der Waals surface area contributed by atoms with Gasteiger partial charge in [0.25, 0.3) is 0 Å². The van der Waals surface area contributed by atoms with Crippen LogP contribution in [0.2, 0.25) is 0 Å². The average molecular weight is 317 g/mol. The molecule has 1 unspecified atom stereocenters. The molecule has 1 atom stereocenters. The number of ether oxygens (including phenoxy) is 1. The van der Waals surface area contributed by atoms with Crippen LogP contribution in [0.1, 0.15) is 31.2 Å². The molecule has 0 amide bonds. The van der Waals surface area contributed by atoms with Crippen molar-refractivity contribution in [2.45, 2.75) is 44.2 Å². The van der Waals surface area contributed by atoms with Crippen LogP contribution in [0.3, 0.4) is 0 Å². The predicted octanol–water partition coefficient (Wildman–Crippen LogP) is 0.646. The van der Waals surface area contributed by atoms with E-state index in [1.165, 1.54) is 4.31 Å². The van der Waals surface area contributed by atoms with Crippen molar-refractivity contribution in [2.75, 3.05) is 20.3 Å². The number of methoxy groups -OCH3 is 1. The third kappa shape index (κ3) is 3.28. The number of hydrogen-bond donors (Lipinski definition) is 2. The monoisotopic (exact) mass is 317 g/mol. The molecule has 120 valence electrons. The van der Waals surface area contributed by atoms with Crippen molar-refractivity contribution in [3.8, 4) is 0 Å². The number of H-pyrrole nitrogens is 1. The van der Waals surface area contributed by atoms with E-state index < -0.39 is 16.6 Å². The Hall–Kier alpha value is -0.960. The summed E-state index contributed by atoms with van der Waals surface area (Å²) in [5.74, 6) is 0.404. The normalized spacial score (nSPS) is 17.4. The summed E-state index contributed by atoms with van der Waals surface area (Å²) in [7, 11) is -2.16. The second-order valence-corrected chi connectivity index (χ2v) is 7.30. The molecule has 1 aromatic rings. The van der Waals surface area contributed by atoms with Crippen molar-refractivity contribution in [3.05, 3.63) is 11.4 Å². The molecule has 0 bridgehead atoms. The van der Waals surface area contributed by atoms with E-state index in [1.54, 1.807) is 14.0 Å². The van der Waals surface area contributed by atoms with Crippen molar-refractivity contribution >= 4 is 10.0 Å². The Bertz CT molecular complexity index is 580. The Morgan fingerprint density at radius 3 is 2.71 bits per heavy atom. The Morgan fingerprint density at radius 2 is 2.19 bits per heavy atom. The van der Waals surface area contributed by atoms with Crippen molar-refractivity contribution in [3.63, 3.8) is 0 Å². The minimum atomic E-state index is -3.71. The van der Waals surface area contributed by atoms with Gasteiger partial charge in [-0.25, -0.2) is 8.42 Å². The summed E-state index contributed by atoms with van der Waals surface area (Å²) in [6.07, 6.45) is 2.11.